The molecule has 0 spiro atoms. The molecule has 0 fully saturated rings. The highest BCUT2D eigenvalue weighted by molar-refractivity contribution is 7.22. The highest BCUT2D eigenvalue weighted by Crippen LogP contribution is 2.33. The van der Waals surface area contributed by atoms with Crippen LogP contribution < -0.4 is 19.1 Å². The first kappa shape index (κ1) is 20.6. The van der Waals surface area contributed by atoms with Crippen LogP contribution in [0, 0.1) is 0 Å². The minimum absolute atomic E-state index is 0.216. The number of ether oxygens (including phenoxy) is 3. The van der Waals surface area contributed by atoms with Gasteiger partial charge in [0.25, 0.3) is 5.91 Å². The van der Waals surface area contributed by atoms with Crippen LogP contribution in [0.2, 0.25) is 0 Å². The molecule has 2 aromatic heterocycles. The first-order valence-corrected chi connectivity index (χ1v) is 10.3. The van der Waals surface area contributed by atoms with E-state index in [1.165, 1.54) is 11.3 Å². The van der Waals surface area contributed by atoms with Gasteiger partial charge in [-0.1, -0.05) is 17.4 Å². The lowest BCUT2D eigenvalue weighted by molar-refractivity contribution is 0.0984. The number of aromatic nitrogens is 2. The van der Waals surface area contributed by atoms with Gasteiger partial charge in [-0.25, -0.2) is 4.98 Å². The van der Waals surface area contributed by atoms with E-state index in [1.54, 1.807) is 56.8 Å². The normalized spacial score (nSPS) is 10.7. The molecule has 31 heavy (non-hydrogen) atoms. The molecule has 0 atom stereocenters. The zero-order valence-corrected chi connectivity index (χ0v) is 18.2. The first-order chi connectivity index (χ1) is 15.1. The molecule has 0 bridgehead atoms. The predicted octanol–water partition coefficient (Wildman–Crippen LogP) is 4.56. The topological polar surface area (TPSA) is 73.8 Å². The Balaban J connectivity index is 1.78. The maximum Gasteiger partial charge on any atom is 0.260 e. The number of thiazole rings is 1. The van der Waals surface area contributed by atoms with Gasteiger partial charge in [-0.15, -0.1) is 0 Å². The Morgan fingerprint density at radius 1 is 0.968 bits per heavy atom. The molecule has 0 aliphatic rings. The third kappa shape index (κ3) is 4.44. The molecule has 158 valence electrons. The molecule has 4 rings (SSSR count). The molecule has 0 saturated heterocycles. The number of amides is 1. The molecule has 0 aliphatic heterocycles. The van der Waals surface area contributed by atoms with E-state index in [0.717, 1.165) is 15.8 Å². The van der Waals surface area contributed by atoms with Crippen molar-refractivity contribution < 1.29 is 19.0 Å². The molecule has 4 aromatic rings. The first-order valence-electron chi connectivity index (χ1n) is 9.49. The molecule has 0 N–H and O–H groups in total. The van der Waals surface area contributed by atoms with Crippen LogP contribution in [-0.2, 0) is 6.54 Å². The fourth-order valence-electron chi connectivity index (χ4n) is 3.12. The van der Waals surface area contributed by atoms with E-state index in [9.17, 15) is 4.79 Å². The van der Waals surface area contributed by atoms with Crippen molar-refractivity contribution >= 4 is 32.6 Å². The van der Waals surface area contributed by atoms with Crippen LogP contribution in [-0.4, -0.2) is 37.2 Å². The lowest BCUT2D eigenvalue weighted by atomic mass is 10.1. The Labute approximate surface area is 183 Å². The number of pyridine rings is 1. The van der Waals surface area contributed by atoms with Crippen molar-refractivity contribution in [3.05, 3.63) is 72.1 Å². The number of hydrogen-bond donors (Lipinski definition) is 0. The quantitative estimate of drug-likeness (QED) is 0.424. The molecular weight excluding hydrogens is 414 g/mol. The van der Waals surface area contributed by atoms with Gasteiger partial charge in [-0.3, -0.25) is 14.7 Å². The summed E-state index contributed by atoms with van der Waals surface area (Å²) in [6.45, 7) is 0.323. The minimum Gasteiger partial charge on any atom is -0.497 e. The fraction of sp³-hybridized carbons (Fsp3) is 0.174. The average molecular weight is 436 g/mol. The maximum atomic E-state index is 13.6. The summed E-state index contributed by atoms with van der Waals surface area (Å²) in [4.78, 5) is 24.1. The molecule has 8 heteroatoms. The van der Waals surface area contributed by atoms with Crippen LogP contribution in [0.15, 0.2) is 60.9 Å². The largest absolute Gasteiger partial charge is 0.497 e. The van der Waals surface area contributed by atoms with Crippen LogP contribution in [0.3, 0.4) is 0 Å². The number of carbonyl (C=O) groups excluding carboxylic acids is 1. The molecule has 0 aliphatic carbocycles. The van der Waals surface area contributed by atoms with Crippen molar-refractivity contribution in [3.8, 4) is 17.2 Å². The van der Waals surface area contributed by atoms with E-state index in [0.29, 0.717) is 34.5 Å². The van der Waals surface area contributed by atoms with Crippen molar-refractivity contribution in [2.24, 2.45) is 0 Å². The number of rotatable bonds is 7. The smallest absolute Gasteiger partial charge is 0.260 e. The summed E-state index contributed by atoms with van der Waals surface area (Å²) in [5.41, 5.74) is 2.10. The molecule has 7 nitrogen and oxygen atoms in total. The van der Waals surface area contributed by atoms with Gasteiger partial charge in [0.2, 0.25) is 0 Å². The zero-order chi connectivity index (χ0) is 21.8. The Bertz CT molecular complexity index is 1190. The number of anilines is 1. The van der Waals surface area contributed by atoms with Crippen LogP contribution in [0.1, 0.15) is 15.9 Å². The summed E-state index contributed by atoms with van der Waals surface area (Å²) < 4.78 is 16.9. The lowest BCUT2D eigenvalue weighted by Gasteiger charge is -2.20. The molecule has 0 saturated carbocycles. The van der Waals surface area contributed by atoms with Gasteiger partial charge in [0.1, 0.15) is 17.2 Å². The Hall–Kier alpha value is -3.65. The number of nitrogens with zero attached hydrogens (tertiary/aromatic N) is 3. The maximum absolute atomic E-state index is 13.6. The molecule has 2 heterocycles. The van der Waals surface area contributed by atoms with E-state index >= 15 is 0 Å². The van der Waals surface area contributed by atoms with Crippen molar-refractivity contribution in [2.45, 2.75) is 6.54 Å². The van der Waals surface area contributed by atoms with Gasteiger partial charge in [0.15, 0.2) is 5.13 Å². The van der Waals surface area contributed by atoms with Gasteiger partial charge in [0.05, 0.1) is 38.1 Å². The fourth-order valence-corrected chi connectivity index (χ4v) is 4.07. The second kappa shape index (κ2) is 9.01. The van der Waals surface area contributed by atoms with Crippen LogP contribution in [0.25, 0.3) is 10.2 Å². The number of methoxy groups -OCH3 is 3. The third-order valence-electron chi connectivity index (χ3n) is 4.72. The average Bonchev–Trinajstić information content (AvgIpc) is 3.25. The summed E-state index contributed by atoms with van der Waals surface area (Å²) in [6, 6.07) is 14.6. The van der Waals surface area contributed by atoms with Crippen molar-refractivity contribution in [1.82, 2.24) is 9.97 Å². The highest BCUT2D eigenvalue weighted by Gasteiger charge is 2.23. The summed E-state index contributed by atoms with van der Waals surface area (Å²) in [5.74, 6) is 1.58. The summed E-state index contributed by atoms with van der Waals surface area (Å²) >= 11 is 1.44. The Morgan fingerprint density at radius 2 is 1.71 bits per heavy atom. The lowest BCUT2D eigenvalue weighted by Crippen LogP contribution is -2.30. The predicted molar refractivity (Wildman–Crippen MR) is 120 cm³/mol. The summed E-state index contributed by atoms with van der Waals surface area (Å²) in [5, 5.41) is 0.582. The molecular formula is C23H21N3O4S. The standard InChI is InChI=1S/C23H21N3O4S/c1-28-17-6-7-21-20(12-17)25-23(31-21)26(14-15-5-4-8-24-13-15)22(27)16-9-18(29-2)11-19(10-16)30-3/h4-13H,14H2,1-3H3. The number of carbonyl (C=O) groups is 1. The van der Waals surface area contributed by atoms with Gasteiger partial charge < -0.3 is 14.2 Å². The zero-order valence-electron chi connectivity index (χ0n) is 17.4. The highest BCUT2D eigenvalue weighted by atomic mass is 32.1. The van der Waals surface area contributed by atoms with Crippen LogP contribution in [0.4, 0.5) is 5.13 Å². The molecule has 2 aromatic carbocycles. The number of fused-ring (bicyclic) bond motifs is 1. The van der Waals surface area contributed by atoms with Crippen molar-refractivity contribution in [1.29, 1.82) is 0 Å². The molecule has 0 radical (unpaired) electrons. The van der Waals surface area contributed by atoms with E-state index in [1.807, 2.05) is 30.3 Å². The summed E-state index contributed by atoms with van der Waals surface area (Å²) in [7, 11) is 4.72. The second-order valence-electron chi connectivity index (χ2n) is 6.68. The van der Waals surface area contributed by atoms with Gasteiger partial charge >= 0.3 is 0 Å². The SMILES string of the molecule is COc1cc(OC)cc(C(=O)N(Cc2cccnc2)c2nc3cc(OC)ccc3s2)c1. The van der Waals surface area contributed by atoms with Crippen molar-refractivity contribution in [2.75, 3.05) is 26.2 Å². The molecule has 1 amide bonds. The van der Waals surface area contributed by atoms with Crippen molar-refractivity contribution in [3.63, 3.8) is 0 Å². The summed E-state index contributed by atoms with van der Waals surface area (Å²) in [6.07, 6.45) is 3.44. The van der Waals surface area contributed by atoms with E-state index in [2.05, 4.69) is 4.98 Å². The Kier molecular flexibility index (Phi) is 5.99. The van der Waals surface area contributed by atoms with E-state index < -0.39 is 0 Å². The van der Waals surface area contributed by atoms with Crippen LogP contribution in [0.5, 0.6) is 17.2 Å². The third-order valence-corrected chi connectivity index (χ3v) is 5.78. The van der Waals surface area contributed by atoms with E-state index in [4.69, 9.17) is 19.2 Å². The van der Waals surface area contributed by atoms with Gasteiger partial charge in [-0.05, 0) is 35.9 Å². The second-order valence-corrected chi connectivity index (χ2v) is 7.69. The van der Waals surface area contributed by atoms with Crippen LogP contribution >= 0.6 is 11.3 Å². The van der Waals surface area contributed by atoms with E-state index in [-0.39, 0.29) is 5.91 Å². The number of hydrogen-bond acceptors (Lipinski definition) is 7. The minimum atomic E-state index is -0.216. The van der Waals surface area contributed by atoms with Gasteiger partial charge in [0, 0.05) is 30.1 Å². The Morgan fingerprint density at radius 3 is 2.35 bits per heavy atom. The number of benzene rings is 2. The molecule has 0 unspecified atom stereocenters. The van der Waals surface area contributed by atoms with Gasteiger partial charge in [-0.2, -0.15) is 0 Å². The monoisotopic (exact) mass is 435 g/mol.